The van der Waals surface area contributed by atoms with Crippen LogP contribution in [0.1, 0.15) is 21.9 Å². The minimum absolute atomic E-state index is 0.209. The number of aryl methyl sites for hydroxylation is 1. The van der Waals surface area contributed by atoms with E-state index in [1.807, 2.05) is 11.8 Å². The Balaban J connectivity index is 1.90. The summed E-state index contributed by atoms with van der Waals surface area (Å²) >= 11 is 4.36. The van der Waals surface area contributed by atoms with E-state index < -0.39 is 5.50 Å². The largest absolute Gasteiger partial charge is 0.339 e. The first kappa shape index (κ1) is 12.0. The molecule has 1 aliphatic heterocycles. The first-order valence-electron chi connectivity index (χ1n) is 5.71. The number of aromatic nitrogens is 4. The van der Waals surface area contributed by atoms with Gasteiger partial charge in [0, 0.05) is 6.20 Å². The lowest BCUT2D eigenvalue weighted by molar-refractivity contribution is 0.0937. The van der Waals surface area contributed by atoms with E-state index in [2.05, 4.69) is 37.9 Å². The molecule has 8 heteroatoms. The lowest BCUT2D eigenvalue weighted by Crippen LogP contribution is -2.49. The smallest absolute Gasteiger partial charge is 0.273 e. The zero-order chi connectivity index (χ0) is 13.4. The van der Waals surface area contributed by atoms with Crippen LogP contribution in [0.4, 0.5) is 5.82 Å². The SMILES string of the molecule is Cc1cnc(CN2c3nc[nH]c3C(=O)NC2S)cn1. The van der Waals surface area contributed by atoms with Crippen LogP contribution in [0.5, 0.6) is 0 Å². The molecule has 0 saturated heterocycles. The van der Waals surface area contributed by atoms with Crippen molar-refractivity contribution >= 4 is 24.4 Å². The van der Waals surface area contributed by atoms with Gasteiger partial charge in [0.05, 0.1) is 30.5 Å². The van der Waals surface area contributed by atoms with Crippen LogP contribution >= 0.6 is 12.6 Å². The minimum Gasteiger partial charge on any atom is -0.339 e. The van der Waals surface area contributed by atoms with Gasteiger partial charge in [-0.05, 0) is 6.92 Å². The van der Waals surface area contributed by atoms with Crippen LogP contribution in [0.2, 0.25) is 0 Å². The number of aromatic amines is 1. The number of thiol groups is 1. The molecule has 98 valence electrons. The first-order valence-corrected chi connectivity index (χ1v) is 6.23. The normalized spacial score (nSPS) is 18.1. The highest BCUT2D eigenvalue weighted by atomic mass is 32.1. The van der Waals surface area contributed by atoms with Gasteiger partial charge in [-0.15, -0.1) is 12.6 Å². The third kappa shape index (κ3) is 2.14. The second-order valence-corrected chi connectivity index (χ2v) is 4.71. The van der Waals surface area contributed by atoms with E-state index in [0.29, 0.717) is 18.1 Å². The maximum atomic E-state index is 11.7. The van der Waals surface area contributed by atoms with E-state index in [1.165, 1.54) is 6.33 Å². The molecule has 7 nitrogen and oxygen atoms in total. The van der Waals surface area contributed by atoms with Gasteiger partial charge in [-0.25, -0.2) is 4.98 Å². The first-order chi connectivity index (χ1) is 9.15. The molecule has 0 saturated carbocycles. The molecule has 0 aliphatic carbocycles. The molecule has 19 heavy (non-hydrogen) atoms. The maximum absolute atomic E-state index is 11.7. The Morgan fingerprint density at radius 2 is 2.21 bits per heavy atom. The Hall–Kier alpha value is -2.09. The van der Waals surface area contributed by atoms with Crippen LogP contribution in [0.3, 0.4) is 0 Å². The number of hydrogen-bond donors (Lipinski definition) is 3. The molecule has 1 atom stereocenters. The molecule has 0 bridgehead atoms. The molecule has 2 aromatic heterocycles. The van der Waals surface area contributed by atoms with Crippen LogP contribution < -0.4 is 10.2 Å². The highest BCUT2D eigenvalue weighted by Gasteiger charge is 2.31. The summed E-state index contributed by atoms with van der Waals surface area (Å²) in [4.78, 5) is 29.0. The average Bonchev–Trinajstić information content (AvgIpc) is 2.86. The molecular formula is C11H12N6OS. The number of H-pyrrole nitrogens is 1. The van der Waals surface area contributed by atoms with Gasteiger partial charge in [0.1, 0.15) is 11.2 Å². The average molecular weight is 276 g/mol. The number of amides is 1. The summed E-state index contributed by atoms with van der Waals surface area (Å²) < 4.78 is 0. The number of carbonyl (C=O) groups excluding carboxylic acids is 1. The van der Waals surface area contributed by atoms with E-state index in [-0.39, 0.29) is 5.91 Å². The minimum atomic E-state index is -0.439. The van der Waals surface area contributed by atoms with Crippen molar-refractivity contribution < 1.29 is 4.79 Å². The second kappa shape index (κ2) is 4.54. The fourth-order valence-corrected chi connectivity index (χ4v) is 2.20. The summed E-state index contributed by atoms with van der Waals surface area (Å²) in [7, 11) is 0. The van der Waals surface area contributed by atoms with Crippen molar-refractivity contribution in [1.29, 1.82) is 0 Å². The number of fused-ring (bicyclic) bond motifs is 1. The van der Waals surface area contributed by atoms with Gasteiger partial charge in [0.2, 0.25) is 0 Å². The third-order valence-electron chi connectivity index (χ3n) is 2.84. The number of nitrogens with one attached hydrogen (secondary N) is 2. The van der Waals surface area contributed by atoms with E-state index in [0.717, 1.165) is 11.4 Å². The number of rotatable bonds is 2. The second-order valence-electron chi connectivity index (χ2n) is 4.23. The van der Waals surface area contributed by atoms with Crippen molar-refractivity contribution in [2.24, 2.45) is 0 Å². The predicted molar refractivity (Wildman–Crippen MR) is 71.8 cm³/mol. The highest BCUT2D eigenvalue weighted by Crippen LogP contribution is 2.25. The quantitative estimate of drug-likeness (QED) is 0.694. The lowest BCUT2D eigenvalue weighted by Gasteiger charge is -2.32. The Morgan fingerprint density at radius 3 is 2.95 bits per heavy atom. The summed E-state index contributed by atoms with van der Waals surface area (Å²) in [5.74, 6) is 0.366. The molecule has 0 spiro atoms. The van der Waals surface area contributed by atoms with Crippen molar-refractivity contribution in [2.75, 3.05) is 4.90 Å². The summed E-state index contributed by atoms with van der Waals surface area (Å²) in [5.41, 5.74) is 1.64. The molecule has 1 unspecified atom stereocenters. The Morgan fingerprint density at radius 1 is 1.37 bits per heavy atom. The third-order valence-corrected chi connectivity index (χ3v) is 3.25. The molecule has 0 aromatic carbocycles. The van der Waals surface area contributed by atoms with Crippen molar-refractivity contribution in [3.8, 4) is 0 Å². The van der Waals surface area contributed by atoms with Crippen molar-refractivity contribution in [2.45, 2.75) is 19.0 Å². The molecule has 0 radical (unpaired) electrons. The molecule has 1 amide bonds. The topological polar surface area (TPSA) is 86.8 Å². The van der Waals surface area contributed by atoms with Crippen molar-refractivity contribution in [3.05, 3.63) is 35.8 Å². The van der Waals surface area contributed by atoms with Gasteiger partial charge in [-0.1, -0.05) is 0 Å². The molecule has 2 N–H and O–H groups in total. The van der Waals surface area contributed by atoms with Gasteiger partial charge >= 0.3 is 0 Å². The van der Waals surface area contributed by atoms with Gasteiger partial charge in [0.15, 0.2) is 5.82 Å². The van der Waals surface area contributed by atoms with Gasteiger partial charge in [-0.3, -0.25) is 14.8 Å². The van der Waals surface area contributed by atoms with E-state index in [1.54, 1.807) is 12.4 Å². The number of anilines is 1. The summed E-state index contributed by atoms with van der Waals surface area (Å²) in [5, 5.41) is 2.74. The molecule has 1 aliphatic rings. The van der Waals surface area contributed by atoms with Crippen LogP contribution in [0.15, 0.2) is 18.7 Å². The molecule has 3 heterocycles. The Labute approximate surface area is 114 Å². The Bertz CT molecular complexity index is 610. The number of hydrogen-bond acceptors (Lipinski definition) is 6. The number of carbonyl (C=O) groups is 1. The van der Waals surface area contributed by atoms with Gasteiger partial charge < -0.3 is 15.2 Å². The highest BCUT2D eigenvalue weighted by molar-refractivity contribution is 7.81. The fourth-order valence-electron chi connectivity index (χ4n) is 1.89. The molecule has 3 rings (SSSR count). The summed E-state index contributed by atoms with van der Waals surface area (Å²) in [6, 6.07) is 0. The molecular weight excluding hydrogens is 264 g/mol. The monoisotopic (exact) mass is 276 g/mol. The van der Waals surface area contributed by atoms with Crippen molar-refractivity contribution in [1.82, 2.24) is 25.3 Å². The molecule has 0 fully saturated rings. The van der Waals surface area contributed by atoms with E-state index >= 15 is 0 Å². The van der Waals surface area contributed by atoms with Crippen molar-refractivity contribution in [3.63, 3.8) is 0 Å². The van der Waals surface area contributed by atoms with E-state index in [9.17, 15) is 4.79 Å². The van der Waals surface area contributed by atoms with Crippen LogP contribution in [0, 0.1) is 6.92 Å². The standard InChI is InChI=1S/C11H12N6OS/c1-6-2-13-7(3-12-6)4-17-9-8(14-5-15-9)10(18)16-11(17)19/h2-3,5,11,19H,4H2,1H3,(H,14,15)(H,16,18). The molecule has 2 aromatic rings. The van der Waals surface area contributed by atoms with Crippen LogP contribution in [0.25, 0.3) is 0 Å². The van der Waals surface area contributed by atoms with E-state index in [4.69, 9.17) is 0 Å². The summed E-state index contributed by atoms with van der Waals surface area (Å²) in [6.45, 7) is 2.35. The zero-order valence-electron chi connectivity index (χ0n) is 10.2. The zero-order valence-corrected chi connectivity index (χ0v) is 11.1. The lowest BCUT2D eigenvalue weighted by atomic mass is 10.3. The van der Waals surface area contributed by atoms with Gasteiger partial charge in [0.25, 0.3) is 5.91 Å². The predicted octanol–water partition coefficient (Wildman–Crippen LogP) is 0.472. The number of imidazole rings is 1. The fraction of sp³-hybridized carbons (Fsp3) is 0.273. The Kier molecular flexibility index (Phi) is 2.86. The van der Waals surface area contributed by atoms with Gasteiger partial charge in [-0.2, -0.15) is 0 Å². The number of nitrogens with zero attached hydrogens (tertiary/aromatic N) is 4. The summed E-state index contributed by atoms with van der Waals surface area (Å²) in [6.07, 6.45) is 4.90. The van der Waals surface area contributed by atoms with Crippen LogP contribution in [-0.4, -0.2) is 31.3 Å². The van der Waals surface area contributed by atoms with Crippen LogP contribution in [-0.2, 0) is 6.54 Å². The maximum Gasteiger partial charge on any atom is 0.273 e.